The summed E-state index contributed by atoms with van der Waals surface area (Å²) < 4.78 is 26.1. The van der Waals surface area contributed by atoms with Crippen LogP contribution in [-0.4, -0.2) is 68.6 Å². The second-order valence-electron chi connectivity index (χ2n) is 7.83. The molecule has 6 nitrogen and oxygen atoms in total. The predicted octanol–water partition coefficient (Wildman–Crippen LogP) is 1.04. The number of hydrogen-bond acceptors (Lipinski definition) is 4. The molecule has 3 rings (SSSR count). The first-order chi connectivity index (χ1) is 11.4. The van der Waals surface area contributed by atoms with Crippen molar-refractivity contribution in [3.8, 4) is 0 Å². The smallest absolute Gasteiger partial charge is 0.225 e. The van der Waals surface area contributed by atoms with Gasteiger partial charge in [-0.05, 0) is 38.0 Å². The Hall–Kier alpha value is -0.660. The van der Waals surface area contributed by atoms with Crippen molar-refractivity contribution in [1.29, 1.82) is 0 Å². The van der Waals surface area contributed by atoms with E-state index in [1.54, 1.807) is 0 Å². The molecule has 7 heteroatoms. The van der Waals surface area contributed by atoms with Crippen molar-refractivity contribution in [3.05, 3.63) is 0 Å². The lowest BCUT2D eigenvalue weighted by Crippen LogP contribution is -2.47. The van der Waals surface area contributed by atoms with Gasteiger partial charge in [0.1, 0.15) is 0 Å². The first-order valence-electron chi connectivity index (χ1n) is 9.37. The van der Waals surface area contributed by atoms with E-state index in [4.69, 9.17) is 0 Å². The lowest BCUT2D eigenvalue weighted by Gasteiger charge is -2.37. The monoisotopic (exact) mass is 357 g/mol. The third-order valence-corrected chi connectivity index (χ3v) is 6.44. The van der Waals surface area contributed by atoms with Crippen LogP contribution >= 0.6 is 0 Å². The molecule has 3 aliphatic rings. The quantitative estimate of drug-likeness (QED) is 0.771. The molecule has 1 amide bonds. The number of amides is 1. The lowest BCUT2D eigenvalue weighted by molar-refractivity contribution is -0.134. The molecule has 0 aromatic rings. The van der Waals surface area contributed by atoms with Crippen LogP contribution in [-0.2, 0) is 14.8 Å². The van der Waals surface area contributed by atoms with Gasteiger partial charge >= 0.3 is 0 Å². The highest BCUT2D eigenvalue weighted by Gasteiger charge is 2.39. The molecule has 1 saturated carbocycles. The summed E-state index contributed by atoms with van der Waals surface area (Å²) in [5, 5.41) is 0. The minimum absolute atomic E-state index is 0.0334. The zero-order chi connectivity index (χ0) is 17.3. The number of piperidine rings is 1. The van der Waals surface area contributed by atoms with E-state index in [0.29, 0.717) is 23.8 Å². The Bertz CT molecular complexity index is 553. The van der Waals surface area contributed by atoms with Crippen LogP contribution < -0.4 is 4.72 Å². The Morgan fingerprint density at radius 2 is 1.79 bits per heavy atom. The molecule has 0 bridgehead atoms. The number of hydrogen-bond donors (Lipinski definition) is 1. The predicted molar refractivity (Wildman–Crippen MR) is 94.1 cm³/mol. The van der Waals surface area contributed by atoms with Crippen molar-refractivity contribution in [2.75, 3.05) is 32.4 Å². The van der Waals surface area contributed by atoms with Crippen LogP contribution in [0.3, 0.4) is 0 Å². The number of rotatable bonds is 6. The molecule has 2 atom stereocenters. The van der Waals surface area contributed by atoms with Crippen molar-refractivity contribution >= 4 is 15.9 Å². The van der Waals surface area contributed by atoms with Gasteiger partial charge in [0.05, 0.1) is 6.26 Å². The average Bonchev–Trinajstić information content (AvgIpc) is 3.30. The van der Waals surface area contributed by atoms with Crippen LogP contribution in [0, 0.1) is 11.8 Å². The maximum Gasteiger partial charge on any atom is 0.225 e. The van der Waals surface area contributed by atoms with E-state index in [1.165, 1.54) is 6.26 Å². The van der Waals surface area contributed by atoms with E-state index in [9.17, 15) is 13.2 Å². The normalized spacial score (nSPS) is 30.0. The first kappa shape index (κ1) is 18.1. The number of carbonyl (C=O) groups excluding carboxylic acids is 1. The summed E-state index contributed by atoms with van der Waals surface area (Å²) in [6, 6.07) is 0.519. The largest absolute Gasteiger partial charge is 0.342 e. The molecule has 3 fully saturated rings. The number of sulfonamides is 1. The summed E-state index contributed by atoms with van der Waals surface area (Å²) in [5.74, 6) is 1.07. The highest BCUT2D eigenvalue weighted by molar-refractivity contribution is 7.88. The molecule has 138 valence electrons. The fourth-order valence-electron chi connectivity index (χ4n) is 4.31. The molecule has 24 heavy (non-hydrogen) atoms. The first-order valence-corrected chi connectivity index (χ1v) is 11.3. The molecule has 2 saturated heterocycles. The van der Waals surface area contributed by atoms with Gasteiger partial charge in [0, 0.05) is 44.2 Å². The lowest BCUT2D eigenvalue weighted by atomic mass is 9.99. The maximum absolute atomic E-state index is 12.2. The van der Waals surface area contributed by atoms with Crippen LogP contribution in [0.4, 0.5) is 0 Å². The van der Waals surface area contributed by atoms with Crippen LogP contribution in [0.2, 0.25) is 0 Å². The average molecular weight is 358 g/mol. The van der Waals surface area contributed by atoms with Crippen LogP contribution in [0.25, 0.3) is 0 Å². The molecule has 2 heterocycles. The van der Waals surface area contributed by atoms with Crippen LogP contribution in [0.1, 0.15) is 45.4 Å². The fourth-order valence-corrected chi connectivity index (χ4v) is 5.13. The Balaban J connectivity index is 1.54. The summed E-state index contributed by atoms with van der Waals surface area (Å²) in [6.45, 7) is 5.65. The van der Waals surface area contributed by atoms with Gasteiger partial charge in [-0.15, -0.1) is 0 Å². The van der Waals surface area contributed by atoms with Gasteiger partial charge in [-0.2, -0.15) is 0 Å². The molecule has 2 aliphatic heterocycles. The summed E-state index contributed by atoms with van der Waals surface area (Å²) in [7, 11) is -3.17. The van der Waals surface area contributed by atoms with Gasteiger partial charge in [0.25, 0.3) is 0 Å². The van der Waals surface area contributed by atoms with Crippen molar-refractivity contribution in [2.45, 2.75) is 57.5 Å². The fraction of sp³-hybridized carbons (Fsp3) is 0.941. The SMILES string of the molecule is CCC[C@@H]1CN(C2CCN(C(=O)C3CC3)CC2)C[C@H]1NS(C)(=O)=O. The highest BCUT2D eigenvalue weighted by atomic mass is 32.2. The Morgan fingerprint density at radius 1 is 1.12 bits per heavy atom. The number of nitrogens with one attached hydrogen (secondary N) is 1. The number of carbonyl (C=O) groups is 1. The van der Waals surface area contributed by atoms with E-state index in [2.05, 4.69) is 16.5 Å². The van der Waals surface area contributed by atoms with Gasteiger partial charge < -0.3 is 4.90 Å². The standard InChI is InChI=1S/C17H31N3O3S/c1-3-4-14-11-20(12-16(14)18-24(2,22)23)15-7-9-19(10-8-15)17(21)13-5-6-13/h13-16,18H,3-12H2,1-2H3/t14-,16-/m1/s1. The van der Waals surface area contributed by atoms with Crippen LogP contribution in [0.15, 0.2) is 0 Å². The molecule has 0 aromatic carbocycles. The minimum Gasteiger partial charge on any atom is -0.342 e. The summed E-state index contributed by atoms with van der Waals surface area (Å²) >= 11 is 0. The van der Waals surface area contributed by atoms with Crippen LogP contribution in [0.5, 0.6) is 0 Å². The Morgan fingerprint density at radius 3 is 2.33 bits per heavy atom. The topological polar surface area (TPSA) is 69.7 Å². The third-order valence-electron chi connectivity index (χ3n) is 5.71. The van der Waals surface area contributed by atoms with Gasteiger partial charge in [-0.1, -0.05) is 13.3 Å². The molecular formula is C17H31N3O3S. The Kier molecular flexibility index (Phi) is 5.52. The molecule has 0 spiro atoms. The van der Waals surface area contributed by atoms with Crippen molar-refractivity contribution < 1.29 is 13.2 Å². The molecular weight excluding hydrogens is 326 g/mol. The second-order valence-corrected chi connectivity index (χ2v) is 9.61. The van der Waals surface area contributed by atoms with E-state index in [0.717, 1.165) is 64.7 Å². The van der Waals surface area contributed by atoms with Crippen molar-refractivity contribution in [1.82, 2.24) is 14.5 Å². The van der Waals surface area contributed by atoms with E-state index >= 15 is 0 Å². The van der Waals surface area contributed by atoms with E-state index in [-0.39, 0.29) is 6.04 Å². The molecule has 0 aromatic heterocycles. The summed E-state index contributed by atoms with van der Waals surface area (Å²) in [4.78, 5) is 16.7. The zero-order valence-corrected chi connectivity index (χ0v) is 15.7. The molecule has 1 N–H and O–H groups in total. The summed E-state index contributed by atoms with van der Waals surface area (Å²) in [6.07, 6.45) is 7.56. The maximum atomic E-state index is 12.2. The third kappa shape index (κ3) is 4.49. The zero-order valence-electron chi connectivity index (χ0n) is 14.9. The van der Waals surface area contributed by atoms with Gasteiger partial charge in [0.15, 0.2) is 0 Å². The van der Waals surface area contributed by atoms with E-state index < -0.39 is 10.0 Å². The van der Waals surface area contributed by atoms with Gasteiger partial charge in [-0.3, -0.25) is 9.69 Å². The molecule has 0 radical (unpaired) electrons. The van der Waals surface area contributed by atoms with E-state index in [1.807, 2.05) is 4.90 Å². The van der Waals surface area contributed by atoms with Crippen molar-refractivity contribution in [2.24, 2.45) is 11.8 Å². The number of likely N-dealkylation sites (tertiary alicyclic amines) is 2. The van der Waals surface area contributed by atoms with Crippen molar-refractivity contribution in [3.63, 3.8) is 0 Å². The molecule has 1 aliphatic carbocycles. The van der Waals surface area contributed by atoms with Gasteiger partial charge in [0.2, 0.25) is 15.9 Å². The van der Waals surface area contributed by atoms with Gasteiger partial charge in [-0.25, -0.2) is 13.1 Å². The minimum atomic E-state index is -3.17. The second kappa shape index (κ2) is 7.30. The number of nitrogens with zero attached hydrogens (tertiary/aromatic N) is 2. The Labute approximate surface area is 146 Å². The highest BCUT2D eigenvalue weighted by Crippen LogP contribution is 2.33. The molecule has 0 unspecified atom stereocenters. The summed E-state index contributed by atoms with van der Waals surface area (Å²) in [5.41, 5.74) is 0.